The number of ether oxygens (including phenoxy) is 3. The molecule has 0 aliphatic carbocycles. The predicted molar refractivity (Wildman–Crippen MR) is 118 cm³/mol. The molecule has 0 aliphatic heterocycles. The van der Waals surface area contributed by atoms with E-state index in [0.717, 1.165) is 17.1 Å². The minimum atomic E-state index is -0.558. The zero-order valence-corrected chi connectivity index (χ0v) is 17.3. The minimum Gasteiger partial charge on any atom is -0.490 e. The van der Waals surface area contributed by atoms with Gasteiger partial charge in [-0.25, -0.2) is 0 Å². The standard InChI is InChI=1S/C25H27NO4/c1-3-23(30-24-12-8-7-9-19(24)2)25(27)26-20-13-15-22(16-14-20)29-18-17-28-21-10-5-4-6-11-21/h4-16,23H,3,17-18H2,1-2H3,(H,26,27)/t23-/m0/s1. The first-order valence-electron chi connectivity index (χ1n) is 10.1. The summed E-state index contributed by atoms with van der Waals surface area (Å²) in [6.45, 7) is 4.78. The Hall–Kier alpha value is -3.47. The lowest BCUT2D eigenvalue weighted by Gasteiger charge is -2.18. The van der Waals surface area contributed by atoms with Gasteiger partial charge < -0.3 is 19.5 Å². The third kappa shape index (κ3) is 6.27. The summed E-state index contributed by atoms with van der Waals surface area (Å²) in [5.74, 6) is 2.08. The predicted octanol–water partition coefficient (Wildman–Crippen LogP) is 5.25. The highest BCUT2D eigenvalue weighted by molar-refractivity contribution is 5.94. The molecule has 0 spiro atoms. The monoisotopic (exact) mass is 405 g/mol. The van der Waals surface area contributed by atoms with Crippen LogP contribution in [0.25, 0.3) is 0 Å². The summed E-state index contributed by atoms with van der Waals surface area (Å²) in [5.41, 5.74) is 1.70. The molecule has 3 rings (SSSR count). The summed E-state index contributed by atoms with van der Waals surface area (Å²) in [4.78, 5) is 12.6. The molecular weight excluding hydrogens is 378 g/mol. The van der Waals surface area contributed by atoms with E-state index in [2.05, 4.69) is 5.32 Å². The van der Waals surface area contributed by atoms with Crippen molar-refractivity contribution in [3.63, 3.8) is 0 Å². The topological polar surface area (TPSA) is 56.8 Å². The van der Waals surface area contributed by atoms with Crippen molar-refractivity contribution in [1.82, 2.24) is 0 Å². The molecule has 0 saturated heterocycles. The molecule has 0 aromatic heterocycles. The molecule has 1 atom stereocenters. The number of aryl methyl sites for hydroxylation is 1. The zero-order valence-electron chi connectivity index (χ0n) is 17.3. The highest BCUT2D eigenvalue weighted by Gasteiger charge is 2.19. The molecule has 0 bridgehead atoms. The highest BCUT2D eigenvalue weighted by Crippen LogP contribution is 2.20. The van der Waals surface area contributed by atoms with Gasteiger partial charge in [-0.3, -0.25) is 4.79 Å². The van der Waals surface area contributed by atoms with E-state index in [1.54, 1.807) is 0 Å². The van der Waals surface area contributed by atoms with Gasteiger partial charge in [-0.1, -0.05) is 43.3 Å². The Balaban J connectivity index is 1.46. The first-order valence-corrected chi connectivity index (χ1v) is 10.1. The van der Waals surface area contributed by atoms with E-state index in [4.69, 9.17) is 14.2 Å². The van der Waals surface area contributed by atoms with Crippen molar-refractivity contribution in [2.75, 3.05) is 18.5 Å². The largest absolute Gasteiger partial charge is 0.490 e. The number of carbonyl (C=O) groups excluding carboxylic acids is 1. The van der Waals surface area contributed by atoms with E-state index in [0.29, 0.717) is 31.1 Å². The van der Waals surface area contributed by atoms with Crippen molar-refractivity contribution in [1.29, 1.82) is 0 Å². The Kier molecular flexibility index (Phi) is 7.72. The maximum Gasteiger partial charge on any atom is 0.265 e. The van der Waals surface area contributed by atoms with Gasteiger partial charge >= 0.3 is 0 Å². The number of amides is 1. The first-order chi connectivity index (χ1) is 14.7. The molecular formula is C25H27NO4. The van der Waals surface area contributed by atoms with E-state index in [-0.39, 0.29) is 5.91 Å². The molecule has 0 heterocycles. The van der Waals surface area contributed by atoms with Gasteiger partial charge in [0, 0.05) is 5.69 Å². The average Bonchev–Trinajstić information content (AvgIpc) is 2.78. The summed E-state index contributed by atoms with van der Waals surface area (Å²) in [6, 6.07) is 24.6. The third-order valence-corrected chi connectivity index (χ3v) is 4.51. The van der Waals surface area contributed by atoms with Crippen LogP contribution in [0, 0.1) is 6.92 Å². The van der Waals surface area contributed by atoms with Gasteiger partial charge in [-0.15, -0.1) is 0 Å². The van der Waals surface area contributed by atoms with Crippen LogP contribution in [0.5, 0.6) is 17.2 Å². The number of benzene rings is 3. The maximum atomic E-state index is 12.6. The Morgan fingerprint density at radius 3 is 2.07 bits per heavy atom. The number of hydrogen-bond acceptors (Lipinski definition) is 4. The highest BCUT2D eigenvalue weighted by atomic mass is 16.5. The molecule has 0 radical (unpaired) electrons. The SMILES string of the molecule is CC[C@H](Oc1ccccc1C)C(=O)Nc1ccc(OCCOc2ccccc2)cc1. The van der Waals surface area contributed by atoms with Gasteiger partial charge in [0.2, 0.25) is 0 Å². The van der Waals surface area contributed by atoms with Gasteiger partial charge in [0.25, 0.3) is 5.91 Å². The second-order valence-electron chi connectivity index (χ2n) is 6.80. The number of para-hydroxylation sites is 2. The molecule has 156 valence electrons. The maximum absolute atomic E-state index is 12.6. The number of carbonyl (C=O) groups is 1. The molecule has 0 aliphatic rings. The van der Waals surface area contributed by atoms with Gasteiger partial charge in [0.05, 0.1) is 0 Å². The minimum absolute atomic E-state index is 0.175. The summed E-state index contributed by atoms with van der Waals surface area (Å²) in [7, 11) is 0. The van der Waals surface area contributed by atoms with Gasteiger partial charge in [0.15, 0.2) is 6.10 Å². The van der Waals surface area contributed by atoms with E-state index < -0.39 is 6.10 Å². The molecule has 5 heteroatoms. The fourth-order valence-corrected chi connectivity index (χ4v) is 2.86. The van der Waals surface area contributed by atoms with E-state index in [1.165, 1.54) is 0 Å². The van der Waals surface area contributed by atoms with Crippen LogP contribution in [0.15, 0.2) is 78.9 Å². The second-order valence-corrected chi connectivity index (χ2v) is 6.80. The van der Waals surface area contributed by atoms with E-state index >= 15 is 0 Å². The fraction of sp³-hybridized carbons (Fsp3) is 0.240. The normalized spacial score (nSPS) is 11.4. The van der Waals surface area contributed by atoms with Gasteiger partial charge in [-0.05, 0) is 61.4 Å². The van der Waals surface area contributed by atoms with Crippen molar-refractivity contribution in [2.45, 2.75) is 26.4 Å². The van der Waals surface area contributed by atoms with Crippen LogP contribution in [0.2, 0.25) is 0 Å². The quantitative estimate of drug-likeness (QED) is 0.468. The van der Waals surface area contributed by atoms with Crippen molar-refractivity contribution < 1.29 is 19.0 Å². The van der Waals surface area contributed by atoms with Crippen LogP contribution in [0.1, 0.15) is 18.9 Å². The number of rotatable bonds is 10. The molecule has 0 saturated carbocycles. The summed E-state index contributed by atoms with van der Waals surface area (Å²) in [5, 5.41) is 2.90. The molecule has 3 aromatic carbocycles. The zero-order chi connectivity index (χ0) is 21.2. The molecule has 3 aromatic rings. The molecule has 0 fully saturated rings. The van der Waals surface area contributed by atoms with Crippen LogP contribution in [0.4, 0.5) is 5.69 Å². The Morgan fingerprint density at radius 2 is 1.43 bits per heavy atom. The summed E-state index contributed by atoms with van der Waals surface area (Å²) < 4.78 is 17.2. The number of anilines is 1. The van der Waals surface area contributed by atoms with Crippen LogP contribution < -0.4 is 19.5 Å². The summed E-state index contributed by atoms with van der Waals surface area (Å²) >= 11 is 0. The van der Waals surface area contributed by atoms with Gasteiger partial charge in [0.1, 0.15) is 30.5 Å². The van der Waals surface area contributed by atoms with Crippen LogP contribution >= 0.6 is 0 Å². The van der Waals surface area contributed by atoms with E-state index in [9.17, 15) is 4.79 Å². The lowest BCUT2D eigenvalue weighted by molar-refractivity contribution is -0.122. The Labute approximate surface area is 177 Å². The summed E-state index contributed by atoms with van der Waals surface area (Å²) in [6.07, 6.45) is 0.0140. The molecule has 0 unspecified atom stereocenters. The molecule has 1 N–H and O–H groups in total. The second kappa shape index (κ2) is 10.9. The molecule has 1 amide bonds. The number of nitrogens with one attached hydrogen (secondary N) is 1. The smallest absolute Gasteiger partial charge is 0.265 e. The molecule has 5 nitrogen and oxygen atoms in total. The van der Waals surface area contributed by atoms with Crippen molar-refractivity contribution in [2.24, 2.45) is 0 Å². The lowest BCUT2D eigenvalue weighted by Crippen LogP contribution is -2.32. The Bertz CT molecular complexity index is 925. The van der Waals surface area contributed by atoms with E-state index in [1.807, 2.05) is 92.7 Å². The first kappa shape index (κ1) is 21.2. The number of hydrogen-bond donors (Lipinski definition) is 1. The van der Waals surface area contributed by atoms with Crippen LogP contribution in [-0.2, 0) is 4.79 Å². The lowest BCUT2D eigenvalue weighted by atomic mass is 10.2. The molecule has 30 heavy (non-hydrogen) atoms. The Morgan fingerprint density at radius 1 is 0.833 bits per heavy atom. The van der Waals surface area contributed by atoms with Gasteiger partial charge in [-0.2, -0.15) is 0 Å². The third-order valence-electron chi connectivity index (χ3n) is 4.51. The van der Waals surface area contributed by atoms with Crippen molar-refractivity contribution in [3.05, 3.63) is 84.4 Å². The van der Waals surface area contributed by atoms with Crippen LogP contribution in [0.3, 0.4) is 0 Å². The van der Waals surface area contributed by atoms with Crippen molar-refractivity contribution in [3.8, 4) is 17.2 Å². The van der Waals surface area contributed by atoms with Crippen LogP contribution in [-0.4, -0.2) is 25.2 Å². The van der Waals surface area contributed by atoms with Crippen molar-refractivity contribution >= 4 is 11.6 Å². The average molecular weight is 405 g/mol. The fourth-order valence-electron chi connectivity index (χ4n) is 2.86.